The van der Waals surface area contributed by atoms with Crippen LogP contribution in [0.25, 0.3) is 22.3 Å². The third kappa shape index (κ3) is 4.86. The zero-order valence-electron chi connectivity index (χ0n) is 20.9. The van der Waals surface area contributed by atoms with E-state index in [1.807, 2.05) is 38.1 Å². The first-order valence-corrected chi connectivity index (χ1v) is 12.4. The minimum absolute atomic E-state index is 0.0150. The average molecular weight is 550 g/mol. The highest BCUT2D eigenvalue weighted by atomic mass is 79.9. The molecule has 4 rings (SSSR count). The molecule has 186 valence electrons. The molecule has 0 bridgehead atoms. The molecule has 0 saturated carbocycles. The van der Waals surface area contributed by atoms with Crippen LogP contribution in [0.2, 0.25) is 0 Å². The quantitative estimate of drug-likeness (QED) is 0.275. The highest BCUT2D eigenvalue weighted by molar-refractivity contribution is 9.10. The van der Waals surface area contributed by atoms with Crippen LogP contribution in [0.4, 0.5) is 0 Å². The Kier molecular flexibility index (Phi) is 7.45. The van der Waals surface area contributed by atoms with Crippen LogP contribution < -0.4 is 15.0 Å². The number of halogens is 1. The molecular formula is C28H28BrN3O4. The van der Waals surface area contributed by atoms with Gasteiger partial charge in [0.2, 0.25) is 0 Å². The summed E-state index contributed by atoms with van der Waals surface area (Å²) < 4.78 is 13.0. The van der Waals surface area contributed by atoms with Crippen LogP contribution in [-0.2, 0) is 0 Å². The number of hydrogen-bond donors (Lipinski definition) is 1. The lowest BCUT2D eigenvalue weighted by molar-refractivity contribution is 0.318. The van der Waals surface area contributed by atoms with Crippen molar-refractivity contribution in [3.63, 3.8) is 0 Å². The van der Waals surface area contributed by atoms with E-state index in [1.54, 1.807) is 31.5 Å². The van der Waals surface area contributed by atoms with Gasteiger partial charge < -0.3 is 14.6 Å². The summed E-state index contributed by atoms with van der Waals surface area (Å²) in [5.41, 5.74) is 3.66. The lowest BCUT2D eigenvalue weighted by Crippen LogP contribution is -2.21. The van der Waals surface area contributed by atoms with Gasteiger partial charge in [-0.1, -0.05) is 26.0 Å². The Labute approximate surface area is 218 Å². The van der Waals surface area contributed by atoms with E-state index in [0.717, 1.165) is 22.4 Å². The second kappa shape index (κ2) is 10.5. The number of ether oxygens (including phenoxy) is 2. The molecule has 1 heterocycles. The SMILES string of the molecule is CCOc1cc(C=Nn2c(-c3cc(C(C)C)c(OC)cc3C)nc3ccccc3c2=O)c(Br)cc1O. The van der Waals surface area contributed by atoms with Gasteiger partial charge in [-0.2, -0.15) is 9.78 Å². The van der Waals surface area contributed by atoms with E-state index in [1.165, 1.54) is 10.7 Å². The van der Waals surface area contributed by atoms with Crippen LogP contribution in [0.5, 0.6) is 17.2 Å². The summed E-state index contributed by atoms with van der Waals surface area (Å²) in [4.78, 5) is 18.5. The Morgan fingerprint density at radius 2 is 1.92 bits per heavy atom. The van der Waals surface area contributed by atoms with Gasteiger partial charge in [0.1, 0.15) is 5.75 Å². The van der Waals surface area contributed by atoms with Crippen molar-refractivity contribution in [3.8, 4) is 28.6 Å². The lowest BCUT2D eigenvalue weighted by atomic mass is 9.96. The summed E-state index contributed by atoms with van der Waals surface area (Å²) in [6, 6.07) is 14.4. The summed E-state index contributed by atoms with van der Waals surface area (Å²) >= 11 is 3.46. The molecular weight excluding hydrogens is 522 g/mol. The number of methoxy groups -OCH3 is 1. The number of benzene rings is 3. The zero-order valence-corrected chi connectivity index (χ0v) is 22.5. The first kappa shape index (κ1) is 25.4. The molecule has 0 aliphatic carbocycles. The van der Waals surface area contributed by atoms with Gasteiger partial charge in [0.05, 0.1) is 30.8 Å². The van der Waals surface area contributed by atoms with Crippen LogP contribution >= 0.6 is 15.9 Å². The van der Waals surface area contributed by atoms with Gasteiger partial charge in [-0.25, -0.2) is 4.98 Å². The fraction of sp³-hybridized carbons (Fsp3) is 0.250. The van der Waals surface area contributed by atoms with Gasteiger partial charge in [-0.05, 0) is 83.2 Å². The van der Waals surface area contributed by atoms with Crippen molar-refractivity contribution in [2.75, 3.05) is 13.7 Å². The molecule has 0 unspecified atom stereocenters. The number of hydrogen-bond acceptors (Lipinski definition) is 6. The molecule has 1 N–H and O–H groups in total. The monoisotopic (exact) mass is 549 g/mol. The fourth-order valence-corrected chi connectivity index (χ4v) is 4.45. The minimum atomic E-state index is -0.284. The molecule has 4 aromatic rings. The van der Waals surface area contributed by atoms with Crippen LogP contribution in [0.15, 0.2) is 62.9 Å². The molecule has 0 aliphatic heterocycles. The summed E-state index contributed by atoms with van der Waals surface area (Å²) in [5.74, 6) is 1.77. The summed E-state index contributed by atoms with van der Waals surface area (Å²) in [7, 11) is 1.65. The molecule has 0 fully saturated rings. The Bertz CT molecular complexity index is 1530. The van der Waals surface area contributed by atoms with Gasteiger partial charge in [-0.15, -0.1) is 0 Å². The van der Waals surface area contributed by atoms with E-state index in [2.05, 4.69) is 34.9 Å². The van der Waals surface area contributed by atoms with Crippen molar-refractivity contribution >= 4 is 33.0 Å². The summed E-state index contributed by atoms with van der Waals surface area (Å²) in [6.45, 7) is 8.38. The molecule has 0 atom stereocenters. The van der Waals surface area contributed by atoms with Crippen molar-refractivity contribution in [2.24, 2.45) is 5.10 Å². The third-order valence-electron chi connectivity index (χ3n) is 5.88. The second-order valence-electron chi connectivity index (χ2n) is 8.65. The van der Waals surface area contributed by atoms with Crippen molar-refractivity contribution < 1.29 is 14.6 Å². The number of para-hydroxylation sites is 1. The molecule has 0 radical (unpaired) electrons. The van der Waals surface area contributed by atoms with Crippen LogP contribution in [0.1, 0.15) is 43.4 Å². The summed E-state index contributed by atoms with van der Waals surface area (Å²) in [6.07, 6.45) is 1.55. The van der Waals surface area contributed by atoms with Gasteiger partial charge >= 0.3 is 0 Å². The number of aryl methyl sites for hydroxylation is 1. The molecule has 3 aromatic carbocycles. The van der Waals surface area contributed by atoms with Gasteiger partial charge in [0, 0.05) is 15.6 Å². The zero-order chi connectivity index (χ0) is 26.0. The maximum atomic E-state index is 13.6. The molecule has 0 amide bonds. The van der Waals surface area contributed by atoms with E-state index in [9.17, 15) is 9.90 Å². The Balaban J connectivity index is 1.97. The lowest BCUT2D eigenvalue weighted by Gasteiger charge is -2.17. The van der Waals surface area contributed by atoms with Gasteiger partial charge in [0.25, 0.3) is 5.56 Å². The highest BCUT2D eigenvalue weighted by Gasteiger charge is 2.18. The molecule has 1 aromatic heterocycles. The number of aromatic nitrogens is 2. The average Bonchev–Trinajstić information content (AvgIpc) is 2.85. The maximum Gasteiger partial charge on any atom is 0.282 e. The maximum absolute atomic E-state index is 13.6. The number of fused-ring (bicyclic) bond motifs is 1. The predicted octanol–water partition coefficient (Wildman–Crippen LogP) is 6.25. The number of nitrogens with zero attached hydrogens (tertiary/aromatic N) is 3. The Morgan fingerprint density at radius 3 is 2.61 bits per heavy atom. The first-order chi connectivity index (χ1) is 17.2. The molecule has 0 spiro atoms. The van der Waals surface area contributed by atoms with E-state index in [-0.39, 0.29) is 17.2 Å². The topological polar surface area (TPSA) is 85.9 Å². The molecule has 36 heavy (non-hydrogen) atoms. The normalized spacial score (nSPS) is 11.5. The van der Waals surface area contributed by atoms with E-state index >= 15 is 0 Å². The third-order valence-corrected chi connectivity index (χ3v) is 6.57. The Hall–Kier alpha value is -3.65. The second-order valence-corrected chi connectivity index (χ2v) is 9.51. The molecule has 8 heteroatoms. The van der Waals surface area contributed by atoms with Crippen molar-refractivity contribution in [1.82, 2.24) is 9.66 Å². The van der Waals surface area contributed by atoms with E-state index < -0.39 is 0 Å². The minimum Gasteiger partial charge on any atom is -0.504 e. The number of rotatable bonds is 7. The molecule has 0 aliphatic rings. The first-order valence-electron chi connectivity index (χ1n) is 11.7. The Morgan fingerprint density at radius 1 is 1.17 bits per heavy atom. The van der Waals surface area contributed by atoms with Crippen LogP contribution in [0, 0.1) is 6.92 Å². The van der Waals surface area contributed by atoms with Crippen molar-refractivity contribution in [1.29, 1.82) is 0 Å². The van der Waals surface area contributed by atoms with Crippen molar-refractivity contribution in [3.05, 3.63) is 80.0 Å². The van der Waals surface area contributed by atoms with Crippen LogP contribution in [0.3, 0.4) is 0 Å². The summed E-state index contributed by atoms with van der Waals surface area (Å²) in [5, 5.41) is 15.2. The van der Waals surface area contributed by atoms with Crippen LogP contribution in [-0.4, -0.2) is 34.7 Å². The number of phenolic OH excluding ortho intramolecular Hbond substituents is 1. The molecule has 7 nitrogen and oxygen atoms in total. The predicted molar refractivity (Wildman–Crippen MR) is 147 cm³/mol. The van der Waals surface area contributed by atoms with Gasteiger partial charge in [0.15, 0.2) is 17.3 Å². The van der Waals surface area contributed by atoms with Crippen molar-refractivity contribution in [2.45, 2.75) is 33.6 Å². The fourth-order valence-electron chi connectivity index (χ4n) is 4.02. The largest absolute Gasteiger partial charge is 0.504 e. The van der Waals surface area contributed by atoms with Gasteiger partial charge in [-0.3, -0.25) is 4.79 Å². The smallest absolute Gasteiger partial charge is 0.282 e. The highest BCUT2D eigenvalue weighted by Crippen LogP contribution is 2.35. The molecule has 0 saturated heterocycles. The van der Waals surface area contributed by atoms with E-state index in [4.69, 9.17) is 14.5 Å². The standard InChI is InChI=1S/C28H28BrN3O4/c1-6-36-26-12-18(22(29)14-24(26)33)15-30-32-27(31-23-10-8-7-9-19(23)28(32)34)21-13-20(16(2)3)25(35-5)11-17(21)4/h7-16,33H,6H2,1-5H3. The number of phenols is 1. The number of aromatic hydroxyl groups is 1. The van der Waals surface area contributed by atoms with E-state index in [0.29, 0.717) is 39.1 Å².